The molecule has 1 heterocycles. The topological polar surface area (TPSA) is 56.2 Å². The zero-order valence-corrected chi connectivity index (χ0v) is 9.57. The molecule has 1 aromatic carbocycles. The molecule has 1 atom stereocenters. The summed E-state index contributed by atoms with van der Waals surface area (Å²) in [5.74, 6) is -0.700. The van der Waals surface area contributed by atoms with E-state index >= 15 is 0 Å². The molecule has 0 fully saturated rings. The van der Waals surface area contributed by atoms with Crippen molar-refractivity contribution in [1.29, 1.82) is 0 Å². The maximum absolute atomic E-state index is 13.4. The fourth-order valence-electron chi connectivity index (χ4n) is 1.81. The number of halogens is 1. The Morgan fingerprint density at radius 2 is 2.29 bits per heavy atom. The first kappa shape index (κ1) is 11.8. The standard InChI is InChI=1S/C13H14FNO2/c1-2-8(7-15)12(16)11-6-9-4-3-5-10(14)13(9)17-11/h3-6,8H,2,7,15H2,1H3. The van der Waals surface area contributed by atoms with E-state index in [1.54, 1.807) is 18.2 Å². The summed E-state index contributed by atoms with van der Waals surface area (Å²) in [4.78, 5) is 12.0. The van der Waals surface area contributed by atoms with Crippen LogP contribution in [0.2, 0.25) is 0 Å². The van der Waals surface area contributed by atoms with E-state index < -0.39 is 5.82 Å². The van der Waals surface area contributed by atoms with Crippen molar-refractivity contribution < 1.29 is 13.6 Å². The molecular weight excluding hydrogens is 221 g/mol. The van der Waals surface area contributed by atoms with Gasteiger partial charge in [0.25, 0.3) is 0 Å². The number of ketones is 1. The molecule has 2 N–H and O–H groups in total. The molecule has 0 saturated heterocycles. The average Bonchev–Trinajstić information content (AvgIpc) is 2.76. The van der Waals surface area contributed by atoms with Crippen LogP contribution in [-0.2, 0) is 0 Å². The molecule has 17 heavy (non-hydrogen) atoms. The average molecular weight is 235 g/mol. The Labute approximate surface area is 98.4 Å². The summed E-state index contributed by atoms with van der Waals surface area (Å²) >= 11 is 0. The van der Waals surface area contributed by atoms with Crippen LogP contribution in [-0.4, -0.2) is 12.3 Å². The monoisotopic (exact) mass is 235 g/mol. The van der Waals surface area contributed by atoms with E-state index in [1.165, 1.54) is 6.07 Å². The molecule has 90 valence electrons. The highest BCUT2D eigenvalue weighted by molar-refractivity contribution is 5.99. The third kappa shape index (κ3) is 2.08. The van der Waals surface area contributed by atoms with E-state index in [4.69, 9.17) is 10.2 Å². The van der Waals surface area contributed by atoms with Gasteiger partial charge in [-0.15, -0.1) is 0 Å². The molecular formula is C13H14FNO2. The zero-order valence-electron chi connectivity index (χ0n) is 9.57. The lowest BCUT2D eigenvalue weighted by Crippen LogP contribution is -2.22. The van der Waals surface area contributed by atoms with Crippen molar-refractivity contribution in [2.75, 3.05) is 6.54 Å². The Bertz CT molecular complexity index is 543. The number of furan rings is 1. The van der Waals surface area contributed by atoms with Crippen LogP contribution in [0, 0.1) is 11.7 Å². The second-order valence-corrected chi connectivity index (χ2v) is 3.97. The Balaban J connectivity index is 2.43. The van der Waals surface area contributed by atoms with Gasteiger partial charge >= 0.3 is 0 Å². The number of nitrogens with two attached hydrogens (primary N) is 1. The SMILES string of the molecule is CCC(CN)C(=O)c1cc2cccc(F)c2o1. The van der Waals surface area contributed by atoms with Gasteiger partial charge in [-0.05, 0) is 18.6 Å². The van der Waals surface area contributed by atoms with E-state index in [0.717, 1.165) is 0 Å². The van der Waals surface area contributed by atoms with Gasteiger partial charge in [0.05, 0.1) is 0 Å². The highest BCUT2D eigenvalue weighted by Gasteiger charge is 2.21. The van der Waals surface area contributed by atoms with Crippen LogP contribution in [0.3, 0.4) is 0 Å². The number of Topliss-reactive ketones (excluding diaryl/α,β-unsaturated/α-hetero) is 1. The van der Waals surface area contributed by atoms with Crippen molar-refractivity contribution in [3.63, 3.8) is 0 Å². The molecule has 4 heteroatoms. The van der Waals surface area contributed by atoms with E-state index in [2.05, 4.69) is 0 Å². The Kier molecular flexibility index (Phi) is 3.24. The van der Waals surface area contributed by atoms with E-state index in [-0.39, 0.29) is 29.6 Å². The first-order valence-corrected chi connectivity index (χ1v) is 5.59. The van der Waals surface area contributed by atoms with Crippen LogP contribution in [0.5, 0.6) is 0 Å². The second-order valence-electron chi connectivity index (χ2n) is 3.97. The van der Waals surface area contributed by atoms with E-state index in [9.17, 15) is 9.18 Å². The molecule has 0 bridgehead atoms. The van der Waals surface area contributed by atoms with Crippen molar-refractivity contribution in [2.24, 2.45) is 11.7 Å². The minimum absolute atomic E-state index is 0.128. The fraction of sp³-hybridized carbons (Fsp3) is 0.308. The number of carbonyl (C=O) groups excluding carboxylic acids is 1. The fourth-order valence-corrected chi connectivity index (χ4v) is 1.81. The third-order valence-electron chi connectivity index (χ3n) is 2.89. The summed E-state index contributed by atoms with van der Waals surface area (Å²) in [6.07, 6.45) is 0.648. The number of hydrogen-bond donors (Lipinski definition) is 1. The summed E-state index contributed by atoms with van der Waals surface area (Å²) in [5.41, 5.74) is 5.64. The molecule has 3 nitrogen and oxygen atoms in total. The molecule has 0 radical (unpaired) electrons. The van der Waals surface area contributed by atoms with Gasteiger partial charge in [-0.25, -0.2) is 4.39 Å². The maximum atomic E-state index is 13.4. The molecule has 1 aromatic heterocycles. The van der Waals surface area contributed by atoms with Crippen LogP contribution in [0.25, 0.3) is 11.0 Å². The van der Waals surface area contributed by atoms with Crippen molar-refractivity contribution >= 4 is 16.8 Å². The van der Waals surface area contributed by atoms with Crippen LogP contribution in [0.4, 0.5) is 4.39 Å². The molecule has 1 unspecified atom stereocenters. The molecule has 0 spiro atoms. The lowest BCUT2D eigenvalue weighted by molar-refractivity contribution is 0.0895. The first-order valence-electron chi connectivity index (χ1n) is 5.59. The van der Waals surface area contributed by atoms with Crippen molar-refractivity contribution in [1.82, 2.24) is 0 Å². The maximum Gasteiger partial charge on any atom is 0.202 e. The Morgan fingerprint density at radius 1 is 1.53 bits per heavy atom. The van der Waals surface area contributed by atoms with Gasteiger partial charge in [0.15, 0.2) is 17.2 Å². The van der Waals surface area contributed by atoms with Gasteiger partial charge in [0.1, 0.15) is 0 Å². The van der Waals surface area contributed by atoms with Gasteiger partial charge in [-0.2, -0.15) is 0 Å². The van der Waals surface area contributed by atoms with Gasteiger partial charge in [0.2, 0.25) is 5.78 Å². The molecule has 0 aliphatic heterocycles. The summed E-state index contributed by atoms with van der Waals surface area (Å²) in [5, 5.41) is 0.597. The molecule has 0 aliphatic carbocycles. The Morgan fingerprint density at radius 3 is 2.88 bits per heavy atom. The van der Waals surface area contributed by atoms with Crippen molar-refractivity contribution in [3.8, 4) is 0 Å². The number of rotatable bonds is 4. The normalized spacial score (nSPS) is 12.9. The number of carbonyl (C=O) groups is 1. The van der Waals surface area contributed by atoms with E-state index in [0.29, 0.717) is 11.8 Å². The molecule has 0 amide bonds. The largest absolute Gasteiger partial charge is 0.450 e. The molecule has 2 rings (SSSR count). The summed E-state index contributed by atoms with van der Waals surface area (Å²) in [6.45, 7) is 2.16. The molecule has 0 saturated carbocycles. The number of hydrogen-bond acceptors (Lipinski definition) is 3. The minimum atomic E-state index is -0.456. The predicted molar refractivity (Wildman–Crippen MR) is 63.3 cm³/mol. The first-order chi connectivity index (χ1) is 8.17. The number of para-hydroxylation sites is 1. The summed E-state index contributed by atoms with van der Waals surface area (Å²) < 4.78 is 18.7. The second kappa shape index (κ2) is 4.67. The van der Waals surface area contributed by atoms with Crippen LogP contribution >= 0.6 is 0 Å². The Hall–Kier alpha value is -1.68. The third-order valence-corrected chi connectivity index (χ3v) is 2.89. The van der Waals surface area contributed by atoms with Crippen molar-refractivity contribution in [2.45, 2.75) is 13.3 Å². The number of fused-ring (bicyclic) bond motifs is 1. The minimum Gasteiger partial charge on any atom is -0.450 e. The van der Waals surface area contributed by atoms with Crippen LogP contribution in [0.15, 0.2) is 28.7 Å². The summed E-state index contributed by atoms with van der Waals surface area (Å²) in [7, 11) is 0. The van der Waals surface area contributed by atoms with E-state index in [1.807, 2.05) is 6.92 Å². The van der Waals surface area contributed by atoms with Crippen LogP contribution in [0.1, 0.15) is 23.9 Å². The van der Waals surface area contributed by atoms with Gasteiger partial charge in [-0.3, -0.25) is 4.79 Å². The predicted octanol–water partition coefficient (Wildman–Crippen LogP) is 2.74. The van der Waals surface area contributed by atoms with Gasteiger partial charge < -0.3 is 10.2 Å². The quantitative estimate of drug-likeness (QED) is 0.829. The smallest absolute Gasteiger partial charge is 0.202 e. The highest BCUT2D eigenvalue weighted by atomic mass is 19.1. The number of benzene rings is 1. The molecule has 0 aliphatic rings. The zero-order chi connectivity index (χ0) is 12.4. The van der Waals surface area contributed by atoms with Crippen molar-refractivity contribution in [3.05, 3.63) is 35.8 Å². The highest BCUT2D eigenvalue weighted by Crippen LogP contribution is 2.24. The van der Waals surface area contributed by atoms with Gasteiger partial charge in [0, 0.05) is 17.8 Å². The summed E-state index contributed by atoms with van der Waals surface area (Å²) in [6, 6.07) is 6.17. The lowest BCUT2D eigenvalue weighted by Gasteiger charge is -2.07. The molecule has 2 aromatic rings. The lowest BCUT2D eigenvalue weighted by atomic mass is 9.99. The van der Waals surface area contributed by atoms with Gasteiger partial charge in [-0.1, -0.05) is 19.1 Å². The van der Waals surface area contributed by atoms with Crippen LogP contribution < -0.4 is 5.73 Å².